The van der Waals surface area contributed by atoms with Crippen LogP contribution in [-0.4, -0.2) is 36.3 Å². The van der Waals surface area contributed by atoms with Crippen molar-refractivity contribution < 1.29 is 8.42 Å². The lowest BCUT2D eigenvalue weighted by Gasteiger charge is -2.35. The Labute approximate surface area is 188 Å². The molecule has 0 atom stereocenters. The second kappa shape index (κ2) is 7.37. The SMILES string of the molecule is C=Cn1cc(-c2cc(S(=O)(=O)C(C)C)ccc2N2CCC3(CC2)CC3)c2cc[nH]c2c1=O. The normalized spacial score (nSPS) is 17.9. The zero-order valence-corrected chi connectivity index (χ0v) is 19.4. The molecule has 2 aromatic heterocycles. The fraction of sp³-hybridized carbons (Fsp3) is 0.400. The van der Waals surface area contributed by atoms with Gasteiger partial charge in [-0.15, -0.1) is 0 Å². The number of hydrogen-bond acceptors (Lipinski definition) is 4. The molecule has 0 unspecified atom stereocenters. The van der Waals surface area contributed by atoms with E-state index in [2.05, 4.69) is 16.5 Å². The zero-order valence-electron chi connectivity index (χ0n) is 18.6. The lowest BCUT2D eigenvalue weighted by Crippen LogP contribution is -2.34. The number of anilines is 1. The Morgan fingerprint density at radius 1 is 1.09 bits per heavy atom. The highest BCUT2D eigenvalue weighted by Crippen LogP contribution is 2.54. The lowest BCUT2D eigenvalue weighted by molar-refractivity contribution is 0.384. The molecule has 0 bridgehead atoms. The van der Waals surface area contributed by atoms with Gasteiger partial charge >= 0.3 is 0 Å². The Kier molecular flexibility index (Phi) is 4.85. The third-order valence-electron chi connectivity index (χ3n) is 7.28. The van der Waals surface area contributed by atoms with Gasteiger partial charge in [-0.1, -0.05) is 6.58 Å². The molecule has 7 heteroatoms. The number of sulfone groups is 1. The van der Waals surface area contributed by atoms with Gasteiger partial charge in [0, 0.05) is 53.9 Å². The quantitative estimate of drug-likeness (QED) is 0.612. The van der Waals surface area contributed by atoms with Crippen molar-refractivity contribution in [2.45, 2.75) is 49.7 Å². The highest BCUT2D eigenvalue weighted by Gasteiger charge is 2.44. The summed E-state index contributed by atoms with van der Waals surface area (Å²) in [6.07, 6.45) is 9.99. The molecule has 3 aromatic rings. The number of nitrogens with zero attached hydrogens (tertiary/aromatic N) is 2. The molecule has 1 saturated carbocycles. The molecule has 6 nitrogen and oxygen atoms in total. The minimum Gasteiger partial charge on any atom is -0.371 e. The number of hydrogen-bond donors (Lipinski definition) is 1. The van der Waals surface area contributed by atoms with Crippen molar-refractivity contribution in [1.29, 1.82) is 0 Å². The van der Waals surface area contributed by atoms with Gasteiger partial charge in [-0.2, -0.15) is 0 Å². The van der Waals surface area contributed by atoms with Crippen molar-refractivity contribution in [1.82, 2.24) is 9.55 Å². The van der Waals surface area contributed by atoms with Crippen LogP contribution in [0.15, 0.2) is 52.9 Å². The Bertz CT molecular complexity index is 1370. The van der Waals surface area contributed by atoms with Crippen LogP contribution >= 0.6 is 0 Å². The molecular formula is C25H29N3O3S. The molecule has 1 aromatic carbocycles. The summed E-state index contributed by atoms with van der Waals surface area (Å²) in [5.41, 5.74) is 3.52. The van der Waals surface area contributed by atoms with E-state index in [4.69, 9.17) is 0 Å². The highest BCUT2D eigenvalue weighted by molar-refractivity contribution is 7.92. The van der Waals surface area contributed by atoms with Crippen LogP contribution in [0.25, 0.3) is 28.2 Å². The molecule has 168 valence electrons. The van der Waals surface area contributed by atoms with Crippen molar-refractivity contribution in [2.75, 3.05) is 18.0 Å². The number of fused-ring (bicyclic) bond motifs is 1. The third-order valence-corrected chi connectivity index (χ3v) is 9.43. The number of aromatic nitrogens is 2. The summed E-state index contributed by atoms with van der Waals surface area (Å²) in [4.78, 5) is 18.5. The van der Waals surface area contributed by atoms with Crippen molar-refractivity contribution in [3.8, 4) is 11.1 Å². The van der Waals surface area contributed by atoms with Gasteiger partial charge in [0.1, 0.15) is 5.52 Å². The van der Waals surface area contributed by atoms with Gasteiger partial charge in [-0.25, -0.2) is 8.42 Å². The standard InChI is InChI=1S/C25H29N3O3S/c1-4-27-16-21(19-7-12-26-23(19)24(27)29)20-15-18(32(30,31)17(2)3)5-6-22(20)28-13-10-25(8-9-25)11-14-28/h4-7,12,15-17,26H,1,8-11,13-14H2,2-3H3. The zero-order chi connectivity index (χ0) is 22.7. The van der Waals surface area contributed by atoms with Gasteiger partial charge in [-0.05, 0) is 69.2 Å². The fourth-order valence-electron chi connectivity index (χ4n) is 4.87. The van der Waals surface area contributed by atoms with Crippen molar-refractivity contribution in [3.05, 3.63) is 53.6 Å². The fourth-order valence-corrected chi connectivity index (χ4v) is 5.96. The van der Waals surface area contributed by atoms with E-state index < -0.39 is 15.1 Å². The van der Waals surface area contributed by atoms with E-state index in [-0.39, 0.29) is 5.56 Å². The summed E-state index contributed by atoms with van der Waals surface area (Å²) in [7, 11) is -3.44. The van der Waals surface area contributed by atoms with Crippen molar-refractivity contribution in [2.24, 2.45) is 5.41 Å². The molecule has 1 aliphatic heterocycles. The molecule has 5 rings (SSSR count). The average Bonchev–Trinajstić information content (AvgIpc) is 3.34. The van der Waals surface area contributed by atoms with E-state index in [1.807, 2.05) is 12.1 Å². The monoisotopic (exact) mass is 451 g/mol. The largest absolute Gasteiger partial charge is 0.371 e. The van der Waals surface area contributed by atoms with Gasteiger partial charge in [-0.3, -0.25) is 9.36 Å². The van der Waals surface area contributed by atoms with Gasteiger partial charge < -0.3 is 9.88 Å². The van der Waals surface area contributed by atoms with Gasteiger partial charge in [0.15, 0.2) is 9.84 Å². The smallest absolute Gasteiger partial charge is 0.278 e. The molecule has 2 aliphatic rings. The molecule has 32 heavy (non-hydrogen) atoms. The third kappa shape index (κ3) is 3.30. The van der Waals surface area contributed by atoms with Crippen molar-refractivity contribution >= 4 is 32.6 Å². The van der Waals surface area contributed by atoms with E-state index >= 15 is 0 Å². The second-order valence-electron chi connectivity index (χ2n) is 9.46. The Hall–Kier alpha value is -2.80. The maximum atomic E-state index is 13.0. The van der Waals surface area contributed by atoms with Crippen LogP contribution in [0.1, 0.15) is 39.5 Å². The van der Waals surface area contributed by atoms with Gasteiger partial charge in [0.25, 0.3) is 5.56 Å². The number of rotatable bonds is 5. The summed E-state index contributed by atoms with van der Waals surface area (Å²) < 4.78 is 27.4. The molecule has 1 aliphatic carbocycles. The molecule has 3 heterocycles. The Morgan fingerprint density at radius 2 is 1.81 bits per heavy atom. The van der Waals surface area contributed by atoms with Crippen LogP contribution < -0.4 is 10.5 Å². The molecule has 1 N–H and O–H groups in total. The topological polar surface area (TPSA) is 75.2 Å². The van der Waals surface area contributed by atoms with Crippen LogP contribution in [0.4, 0.5) is 5.69 Å². The molecule has 2 fully saturated rings. The predicted molar refractivity (Wildman–Crippen MR) is 130 cm³/mol. The van der Waals surface area contributed by atoms with Crippen molar-refractivity contribution in [3.63, 3.8) is 0 Å². The van der Waals surface area contributed by atoms with E-state index in [0.717, 1.165) is 35.3 Å². The summed E-state index contributed by atoms with van der Waals surface area (Å²) in [6, 6.07) is 7.33. The summed E-state index contributed by atoms with van der Waals surface area (Å²) in [5.74, 6) is 0. The number of H-pyrrole nitrogens is 1. The number of benzene rings is 1. The summed E-state index contributed by atoms with van der Waals surface area (Å²) in [5, 5.41) is 0.268. The van der Waals surface area contributed by atoms with E-state index in [0.29, 0.717) is 15.8 Å². The maximum absolute atomic E-state index is 13.0. The number of piperidine rings is 1. The van der Waals surface area contributed by atoms with Crippen LogP contribution in [0.3, 0.4) is 0 Å². The van der Waals surface area contributed by atoms with Crippen LogP contribution in [0.5, 0.6) is 0 Å². The minimum absolute atomic E-state index is 0.176. The van der Waals surface area contributed by atoms with E-state index in [1.165, 1.54) is 36.5 Å². The first-order valence-electron chi connectivity index (χ1n) is 11.2. The molecule has 1 spiro atoms. The number of nitrogens with one attached hydrogen (secondary N) is 1. The minimum atomic E-state index is -3.44. The second-order valence-corrected chi connectivity index (χ2v) is 12.0. The molecular weight excluding hydrogens is 422 g/mol. The van der Waals surface area contributed by atoms with Gasteiger partial charge in [0.2, 0.25) is 0 Å². The Morgan fingerprint density at radius 3 is 2.44 bits per heavy atom. The first-order valence-corrected chi connectivity index (χ1v) is 12.8. The highest BCUT2D eigenvalue weighted by atomic mass is 32.2. The van der Waals surface area contributed by atoms with Crippen LogP contribution in [0.2, 0.25) is 0 Å². The van der Waals surface area contributed by atoms with Crippen LogP contribution in [0, 0.1) is 5.41 Å². The van der Waals surface area contributed by atoms with Crippen LogP contribution in [-0.2, 0) is 9.84 Å². The van der Waals surface area contributed by atoms with E-state index in [9.17, 15) is 13.2 Å². The molecule has 0 amide bonds. The first-order chi connectivity index (χ1) is 15.3. The van der Waals surface area contributed by atoms with E-state index in [1.54, 1.807) is 38.4 Å². The summed E-state index contributed by atoms with van der Waals surface area (Å²) in [6.45, 7) is 9.09. The Balaban J connectivity index is 1.73. The maximum Gasteiger partial charge on any atom is 0.278 e. The van der Waals surface area contributed by atoms with Gasteiger partial charge in [0.05, 0.1) is 10.1 Å². The summed E-state index contributed by atoms with van der Waals surface area (Å²) >= 11 is 0. The predicted octanol–water partition coefficient (Wildman–Crippen LogP) is 4.66. The molecule has 0 radical (unpaired) electrons. The first kappa shape index (κ1) is 21.1. The molecule has 1 saturated heterocycles. The number of aromatic amines is 1. The number of pyridine rings is 1. The average molecular weight is 452 g/mol. The lowest BCUT2D eigenvalue weighted by atomic mass is 9.92.